The minimum Gasteiger partial charge on any atom is -0.480 e. The number of nitrogens with zero attached hydrogens (tertiary/aromatic N) is 29. The molecule has 0 saturated carbocycles. The highest BCUT2D eigenvalue weighted by Gasteiger charge is 2.50. The fourth-order valence-corrected chi connectivity index (χ4v) is 20.7. The van der Waals surface area contributed by atoms with Crippen molar-refractivity contribution in [3.05, 3.63) is 302 Å². The lowest BCUT2D eigenvalue weighted by Gasteiger charge is -2.28. The molecule has 53 heteroatoms. The number of fused-ring (bicyclic) bond motifs is 7. The molecule has 0 aliphatic carbocycles. The highest BCUT2D eigenvalue weighted by Crippen LogP contribution is 2.52. The Morgan fingerprint density at radius 1 is 0.333 bits per heavy atom. The molecule has 40 nitrogen and oxygen atoms in total. The summed E-state index contributed by atoms with van der Waals surface area (Å²) in [5, 5.41) is 37.9. The summed E-state index contributed by atoms with van der Waals surface area (Å²) in [6.07, 6.45) is 20.9. The van der Waals surface area contributed by atoms with Gasteiger partial charge in [0.2, 0.25) is 17.6 Å². The summed E-state index contributed by atoms with van der Waals surface area (Å²) in [6.45, 7) is 12.1. The molecule has 752 valence electrons. The van der Waals surface area contributed by atoms with Gasteiger partial charge in [-0.15, -0.1) is 40.8 Å². The number of hydrogen-bond acceptors (Lipinski definition) is 30. The Labute approximate surface area is 926 Å². The number of rotatable bonds is 19. The van der Waals surface area contributed by atoms with Crippen molar-refractivity contribution in [2.75, 3.05) is 62.8 Å². The van der Waals surface area contributed by atoms with Crippen molar-refractivity contribution in [3.8, 4) is 69.8 Å². The maximum atomic E-state index is 14.2. The first kappa shape index (κ1) is 106. The van der Waals surface area contributed by atoms with E-state index in [9.17, 15) is 14.4 Å². The summed E-state index contributed by atoms with van der Waals surface area (Å²) >= 11 is 67.1. The number of hydrogen-bond donors (Lipinski definition) is 2. The molecule has 3 amide bonds. The third-order valence-electron chi connectivity index (χ3n) is 22.6. The SMILES string of the molecule is COc1ncc(-c2nc3c(n2C(C)C)C(c2ccc(Cl)cc2)N(c2cc(Cl)cn4cnnc24)C3=O)c(OC)n1.COc1ncc(-c2nc3c(n2C(C)C)[C@@H](c2ccc(Cl)cc2)N(c2cc(Cl)cn4cnnc24)C3=O)c(OC)n1.COc1ncc(-c2nc3c(n2C(C)C)[C@H](c2ccc(Cl)cc2)N(c2cc(Cl)cn4cnnc24)C3=O)c(OC)n1.Clc1cc(I)c2nncn2c1.Clc1cnc(Cl)c(I)c1.NNc1ncc(Cl)cc1I. The van der Waals surface area contributed by atoms with Crippen molar-refractivity contribution < 1.29 is 42.8 Å². The van der Waals surface area contributed by atoms with Gasteiger partial charge in [0.15, 0.2) is 45.5 Å². The minimum absolute atomic E-state index is 0.0990. The van der Waals surface area contributed by atoms with E-state index in [1.54, 1.807) is 155 Å². The number of halogens is 13. The molecule has 147 heavy (non-hydrogen) atoms. The van der Waals surface area contributed by atoms with Gasteiger partial charge in [-0.2, -0.15) is 15.0 Å². The third kappa shape index (κ3) is 21.3. The number of ether oxygens (including phenoxy) is 6. The van der Waals surface area contributed by atoms with E-state index >= 15 is 0 Å². The number of nitrogens with one attached hydrogen (secondary N) is 1. The molecule has 0 fully saturated rings. The molecule has 3 atom stereocenters. The number of amides is 3. The van der Waals surface area contributed by atoms with Gasteiger partial charge in [-0.25, -0.2) is 45.7 Å². The van der Waals surface area contributed by atoms with Crippen LogP contribution in [0.4, 0.5) is 22.9 Å². The second kappa shape index (κ2) is 45.2. The van der Waals surface area contributed by atoms with Crippen molar-refractivity contribution in [1.82, 2.24) is 127 Å². The van der Waals surface area contributed by atoms with Gasteiger partial charge in [0, 0.05) is 89.0 Å². The summed E-state index contributed by atoms with van der Waals surface area (Å²) in [5.74, 6) is 7.18. The monoisotopic (exact) mass is 2510 g/mol. The molecular weight excluding hydrogens is 2440 g/mol. The van der Waals surface area contributed by atoms with Crippen molar-refractivity contribution in [1.29, 1.82) is 0 Å². The number of carbonyl (C=O) groups is 3. The Morgan fingerprint density at radius 3 is 0.898 bits per heavy atom. The van der Waals surface area contributed by atoms with E-state index in [0.717, 1.165) is 33.0 Å². The van der Waals surface area contributed by atoms with Gasteiger partial charge in [0.25, 0.3) is 17.7 Å². The number of benzene rings is 3. The molecule has 3 N–H and O–H groups in total. The standard InChI is InChI=1S/3C26H22Cl2N8O3.C6H3ClIN3.C5H2Cl2IN.C5H5ClIN3/c3*1-13(2)35-21-19(31-22(35)17-10-29-26(39-4)32-24(17)38-3)25(37)36(20(21)14-5-7-15(27)8-6-14)18-9-16(28)11-34-12-30-33-23(18)34;7-4-1-5(8)6-10-9-3-11(6)2-4;6-3-1-4(8)5(7)9-2-3;6-3-1-4(7)5(10-8)9-2-3/h3*5-13,20H,1-4H3;1-3H;1-2H;1-2H,8H2,(H,9,10)/t2*20-;;;;/m10..../s1. The van der Waals surface area contributed by atoms with Gasteiger partial charge >= 0.3 is 18.0 Å². The van der Waals surface area contributed by atoms with Crippen LogP contribution in [0.25, 0.3) is 56.8 Å². The van der Waals surface area contributed by atoms with Crippen LogP contribution in [-0.4, -0.2) is 187 Å². The summed E-state index contributed by atoms with van der Waals surface area (Å²) in [5.41, 5.74) is 13.3. The number of nitrogen functional groups attached to an aromatic ring is 1. The zero-order valence-electron chi connectivity index (χ0n) is 78.5. The largest absolute Gasteiger partial charge is 0.480 e. The number of aromatic nitrogens is 26. The van der Waals surface area contributed by atoms with Crippen molar-refractivity contribution in [3.63, 3.8) is 0 Å². The highest BCUT2D eigenvalue weighted by molar-refractivity contribution is 14.1. The Hall–Kier alpha value is -12.6. The van der Waals surface area contributed by atoms with Crippen LogP contribution in [0.5, 0.6) is 35.7 Å². The van der Waals surface area contributed by atoms with Gasteiger partial charge < -0.3 is 47.5 Å². The summed E-state index contributed by atoms with van der Waals surface area (Å²) in [6, 6.07) is 31.1. The van der Waals surface area contributed by atoms with Crippen molar-refractivity contribution >= 4 is 247 Å². The Kier molecular flexibility index (Phi) is 32.5. The lowest BCUT2D eigenvalue weighted by molar-refractivity contribution is 0.0982. The molecule has 19 heterocycles. The second-order valence-electron chi connectivity index (χ2n) is 32.6. The summed E-state index contributed by atoms with van der Waals surface area (Å²) < 4.78 is 47.8. The molecule has 0 bridgehead atoms. The molecule has 3 aromatic carbocycles. The fraction of sp³-hybridized carbons (Fsp3) is 0.191. The van der Waals surface area contributed by atoms with Crippen LogP contribution in [0.1, 0.15) is 143 Å². The molecule has 22 rings (SSSR count). The predicted octanol–water partition coefficient (Wildman–Crippen LogP) is 21.7. The third-order valence-corrected chi connectivity index (χ3v) is 27.7. The number of carbonyl (C=O) groups excluding carboxylic acids is 3. The number of methoxy groups -OCH3 is 6. The van der Waals surface area contributed by atoms with E-state index in [1.807, 2.05) is 97.7 Å². The van der Waals surface area contributed by atoms with Crippen LogP contribution in [0, 0.1) is 10.7 Å². The van der Waals surface area contributed by atoms with Crippen molar-refractivity contribution in [2.45, 2.75) is 77.8 Å². The van der Waals surface area contributed by atoms with Gasteiger partial charge in [-0.1, -0.05) is 152 Å². The van der Waals surface area contributed by atoms with Crippen LogP contribution in [0.2, 0.25) is 50.4 Å². The summed E-state index contributed by atoms with van der Waals surface area (Å²) in [7, 11) is 8.95. The molecule has 0 spiro atoms. The lowest BCUT2D eigenvalue weighted by atomic mass is 10.0. The Balaban J connectivity index is 0.000000131. The molecule has 3 aliphatic rings. The first-order chi connectivity index (χ1) is 70.7. The minimum atomic E-state index is -0.572. The van der Waals surface area contributed by atoms with Crippen LogP contribution in [-0.2, 0) is 0 Å². The van der Waals surface area contributed by atoms with Crippen molar-refractivity contribution in [2.24, 2.45) is 5.84 Å². The molecule has 0 radical (unpaired) electrons. The first-order valence-electron chi connectivity index (χ1n) is 43.5. The average molecular weight is 2520 g/mol. The topological polar surface area (TPSA) is 432 Å². The zero-order chi connectivity index (χ0) is 105. The number of nitrogens with two attached hydrogens (primary N) is 1. The van der Waals surface area contributed by atoms with Crippen LogP contribution in [0.15, 0.2) is 190 Å². The maximum Gasteiger partial charge on any atom is 0.319 e. The van der Waals surface area contributed by atoms with E-state index in [1.165, 1.54) is 67.8 Å². The van der Waals surface area contributed by atoms with Crippen LogP contribution >= 0.6 is 184 Å². The molecule has 0 saturated heterocycles. The lowest BCUT2D eigenvalue weighted by Crippen LogP contribution is -2.31. The van der Waals surface area contributed by atoms with Crippen LogP contribution in [0.3, 0.4) is 0 Å². The molecule has 19 aromatic rings. The fourth-order valence-electron chi connectivity index (χ4n) is 16.6. The van der Waals surface area contributed by atoms with Crippen LogP contribution < -0.4 is 54.4 Å². The van der Waals surface area contributed by atoms with Gasteiger partial charge in [-0.05, 0) is 199 Å². The summed E-state index contributed by atoms with van der Waals surface area (Å²) in [4.78, 5) is 95.7. The molecule has 16 aromatic heterocycles. The van der Waals surface area contributed by atoms with Gasteiger partial charge in [0.05, 0.1) is 134 Å². The van der Waals surface area contributed by atoms with E-state index < -0.39 is 18.1 Å². The Morgan fingerprint density at radius 2 is 0.619 bits per heavy atom. The van der Waals surface area contributed by atoms with Gasteiger partial charge in [-0.3, -0.25) is 46.7 Å². The first-order valence-corrected chi connectivity index (χ1v) is 50.5. The average Bonchev–Trinajstić information content (AvgIpc) is 1.56. The molecular formula is C94H76Cl10I3N31O9. The normalized spacial score (nSPS) is 13.9. The highest BCUT2D eigenvalue weighted by atomic mass is 127. The van der Waals surface area contributed by atoms with Gasteiger partial charge in [0.1, 0.15) is 66.1 Å². The molecule has 1 unspecified atom stereocenters. The molecule has 3 aliphatic heterocycles. The van der Waals surface area contributed by atoms with E-state index in [-0.39, 0.29) is 88.6 Å². The number of imidazole rings is 3. The number of hydrazine groups is 1. The van der Waals surface area contributed by atoms with E-state index in [0.29, 0.717) is 141 Å². The maximum absolute atomic E-state index is 14.2. The quantitative estimate of drug-likeness (QED) is 0.0328. The number of pyridine rings is 6. The zero-order valence-corrected chi connectivity index (χ0v) is 92.5. The number of anilines is 4. The predicted molar refractivity (Wildman–Crippen MR) is 582 cm³/mol. The Bertz CT molecular complexity index is 7620. The smallest absolute Gasteiger partial charge is 0.319 e. The van der Waals surface area contributed by atoms with E-state index in [2.05, 4.69) is 154 Å². The second-order valence-corrected chi connectivity index (χ2v) is 40.3. The van der Waals surface area contributed by atoms with E-state index in [4.69, 9.17) is 165 Å².